The van der Waals surface area contributed by atoms with Crippen LogP contribution in [0.25, 0.3) is 0 Å². The zero-order chi connectivity index (χ0) is 6.91. The molecule has 0 amide bonds. The number of hydrogen-bond donors (Lipinski definition) is 0. The molecule has 0 bridgehead atoms. The maximum absolute atomic E-state index is 10.8. The largest absolute Gasteiger partial charge is 0.299 e. The Kier molecular flexibility index (Phi) is 1.91. The predicted octanol–water partition coefficient (Wildman–Crippen LogP) is 1.63. The van der Waals surface area contributed by atoms with Crippen LogP contribution in [0, 0.1) is 0 Å². The normalized spacial score (nSPS) is 26.2. The first kappa shape index (κ1) is 7.21. The van der Waals surface area contributed by atoms with E-state index in [9.17, 15) is 4.79 Å². The van der Waals surface area contributed by atoms with E-state index in [4.69, 9.17) is 0 Å². The van der Waals surface area contributed by atoms with E-state index in [1.165, 1.54) is 12.3 Å². The van der Waals surface area contributed by atoms with Gasteiger partial charge in [-0.2, -0.15) is 0 Å². The zero-order valence-corrected chi connectivity index (χ0v) is 7.08. The van der Waals surface area contributed by atoms with E-state index in [1.807, 2.05) is 0 Å². The third-order valence-electron chi connectivity index (χ3n) is 1.99. The summed E-state index contributed by atoms with van der Waals surface area (Å²) in [6.07, 6.45) is 4.12. The summed E-state index contributed by atoms with van der Waals surface area (Å²) < 4.78 is 0. The van der Waals surface area contributed by atoms with Gasteiger partial charge in [-0.1, -0.05) is 0 Å². The average molecular weight is 145 g/mol. The molecule has 0 radical (unpaired) electrons. The van der Waals surface area contributed by atoms with Gasteiger partial charge in [-0.15, -0.1) is 0 Å². The second-order valence-electron chi connectivity index (χ2n) is 3.42. The number of Topliss-reactive ketones (excluding diaryl/α,β-unsaturated/α-hetero) is 1. The first-order chi connectivity index (χ1) is 4.10. The van der Waals surface area contributed by atoms with Gasteiger partial charge in [-0.25, -0.2) is 0 Å². The molecule has 0 aromatic carbocycles. The minimum absolute atomic E-state index is 0.481. The minimum Gasteiger partial charge on any atom is -0.299 e. The van der Waals surface area contributed by atoms with Crippen molar-refractivity contribution in [3.63, 3.8) is 0 Å². The summed E-state index contributed by atoms with van der Waals surface area (Å²) >= 11 is 0. The number of rotatable bonds is 0. The molecule has 1 aliphatic heterocycles. The van der Waals surface area contributed by atoms with Crippen LogP contribution in [0.2, 0.25) is 0 Å². The summed E-state index contributed by atoms with van der Waals surface area (Å²) in [7, 11) is -0.595. The van der Waals surface area contributed by atoms with Crippen LogP contribution >= 0.6 is 7.26 Å². The predicted molar refractivity (Wildman–Crippen MR) is 42.7 cm³/mol. The molecule has 0 spiro atoms. The van der Waals surface area contributed by atoms with E-state index < -0.39 is 7.26 Å². The number of carbonyl (C=O) groups excluding carboxylic acids is 1. The first-order valence-electron chi connectivity index (χ1n) is 3.44. The maximum Gasteiger partial charge on any atom is 0.140 e. The van der Waals surface area contributed by atoms with Gasteiger partial charge < -0.3 is 0 Å². The molecule has 2 heteroatoms. The van der Waals surface area contributed by atoms with Gasteiger partial charge in [-0.05, 0) is 0 Å². The van der Waals surface area contributed by atoms with Crippen molar-refractivity contribution in [2.45, 2.75) is 12.8 Å². The molecule has 0 aromatic heterocycles. The zero-order valence-electron chi connectivity index (χ0n) is 6.18. The number of ketones is 1. The standard InChI is InChI=1S/C7H14OP/c1-9(2)5-3-7(8)4-6-9/h3-6H2,1-2H3/q+1. The lowest BCUT2D eigenvalue weighted by molar-refractivity contribution is -0.118. The molecule has 0 N–H and O–H groups in total. The van der Waals surface area contributed by atoms with Crippen molar-refractivity contribution in [3.8, 4) is 0 Å². The Morgan fingerprint density at radius 2 is 1.67 bits per heavy atom. The molecule has 1 saturated heterocycles. The Balaban J connectivity index is 2.44. The fraction of sp³-hybridized carbons (Fsp3) is 0.857. The highest BCUT2D eigenvalue weighted by atomic mass is 31.2. The first-order valence-corrected chi connectivity index (χ1v) is 6.49. The van der Waals surface area contributed by atoms with Crippen LogP contribution in [0.5, 0.6) is 0 Å². The molecular weight excluding hydrogens is 131 g/mol. The summed E-state index contributed by atoms with van der Waals surface area (Å²) in [6.45, 7) is 4.69. The Labute approximate surface area is 57.2 Å². The molecule has 0 atom stereocenters. The van der Waals surface area contributed by atoms with E-state index in [2.05, 4.69) is 13.3 Å². The van der Waals surface area contributed by atoms with Crippen LogP contribution in [-0.2, 0) is 4.79 Å². The van der Waals surface area contributed by atoms with Gasteiger partial charge in [0.1, 0.15) is 5.78 Å². The molecule has 1 aliphatic rings. The van der Waals surface area contributed by atoms with E-state index in [-0.39, 0.29) is 0 Å². The van der Waals surface area contributed by atoms with Crippen molar-refractivity contribution >= 4 is 13.0 Å². The molecule has 52 valence electrons. The summed E-state index contributed by atoms with van der Waals surface area (Å²) in [5.41, 5.74) is 0. The van der Waals surface area contributed by atoms with E-state index in [0.29, 0.717) is 5.78 Å². The quantitative estimate of drug-likeness (QED) is 0.473. The number of carbonyl (C=O) groups is 1. The van der Waals surface area contributed by atoms with Gasteiger partial charge in [0, 0.05) is 33.4 Å². The monoisotopic (exact) mass is 145 g/mol. The molecule has 1 rings (SSSR count). The SMILES string of the molecule is C[P+]1(C)CCC(=O)CC1. The van der Waals surface area contributed by atoms with Gasteiger partial charge in [0.25, 0.3) is 0 Å². The average Bonchev–Trinajstić information content (AvgIpc) is 1.78. The molecule has 0 unspecified atom stereocenters. The highest BCUT2D eigenvalue weighted by Crippen LogP contribution is 2.54. The van der Waals surface area contributed by atoms with Crippen LogP contribution in [-0.4, -0.2) is 31.4 Å². The number of hydrogen-bond acceptors (Lipinski definition) is 1. The van der Waals surface area contributed by atoms with E-state index in [0.717, 1.165) is 12.8 Å². The molecule has 1 fully saturated rings. The molecule has 1 nitrogen and oxygen atoms in total. The minimum atomic E-state index is -0.595. The van der Waals surface area contributed by atoms with Crippen LogP contribution < -0.4 is 0 Å². The van der Waals surface area contributed by atoms with Crippen molar-refractivity contribution in [1.29, 1.82) is 0 Å². The second kappa shape index (κ2) is 2.38. The van der Waals surface area contributed by atoms with Crippen molar-refractivity contribution in [2.75, 3.05) is 25.7 Å². The van der Waals surface area contributed by atoms with Gasteiger partial charge in [-0.3, -0.25) is 4.79 Å². The Hall–Kier alpha value is 0.100. The molecule has 0 aromatic rings. The van der Waals surface area contributed by atoms with Crippen LogP contribution in [0.3, 0.4) is 0 Å². The summed E-state index contributed by atoms with van der Waals surface area (Å²) in [6, 6.07) is 0. The highest BCUT2D eigenvalue weighted by Gasteiger charge is 2.30. The van der Waals surface area contributed by atoms with Crippen LogP contribution in [0.1, 0.15) is 12.8 Å². The summed E-state index contributed by atoms with van der Waals surface area (Å²) in [5.74, 6) is 0.481. The molecular formula is C7H14OP+. The van der Waals surface area contributed by atoms with Crippen molar-refractivity contribution in [2.24, 2.45) is 0 Å². The fourth-order valence-corrected chi connectivity index (χ4v) is 3.02. The lowest BCUT2D eigenvalue weighted by atomic mass is 10.2. The third-order valence-corrected chi connectivity index (χ3v) is 4.86. The molecule has 9 heavy (non-hydrogen) atoms. The van der Waals surface area contributed by atoms with Gasteiger partial charge in [0.2, 0.25) is 0 Å². The Morgan fingerprint density at radius 1 is 1.22 bits per heavy atom. The van der Waals surface area contributed by atoms with Gasteiger partial charge >= 0.3 is 0 Å². The maximum atomic E-state index is 10.8. The highest BCUT2D eigenvalue weighted by molar-refractivity contribution is 7.74. The smallest absolute Gasteiger partial charge is 0.140 e. The lowest BCUT2D eigenvalue weighted by Crippen LogP contribution is -2.15. The van der Waals surface area contributed by atoms with E-state index in [1.54, 1.807) is 0 Å². The van der Waals surface area contributed by atoms with Crippen molar-refractivity contribution in [1.82, 2.24) is 0 Å². The van der Waals surface area contributed by atoms with Crippen molar-refractivity contribution < 1.29 is 4.79 Å². The molecule has 1 heterocycles. The summed E-state index contributed by atoms with van der Waals surface area (Å²) in [4.78, 5) is 10.8. The molecule has 0 saturated carbocycles. The summed E-state index contributed by atoms with van der Waals surface area (Å²) in [5, 5.41) is 0. The Bertz CT molecular complexity index is 117. The van der Waals surface area contributed by atoms with Gasteiger partial charge in [0.05, 0.1) is 12.3 Å². The fourth-order valence-electron chi connectivity index (χ4n) is 1.09. The Morgan fingerprint density at radius 3 is 2.00 bits per heavy atom. The van der Waals surface area contributed by atoms with Crippen LogP contribution in [0.15, 0.2) is 0 Å². The third kappa shape index (κ3) is 2.06. The lowest BCUT2D eigenvalue weighted by Gasteiger charge is -2.21. The van der Waals surface area contributed by atoms with Crippen molar-refractivity contribution in [3.05, 3.63) is 0 Å². The molecule has 0 aliphatic carbocycles. The van der Waals surface area contributed by atoms with Gasteiger partial charge in [0.15, 0.2) is 0 Å². The second-order valence-corrected chi connectivity index (χ2v) is 8.19. The topological polar surface area (TPSA) is 17.1 Å². The van der Waals surface area contributed by atoms with E-state index >= 15 is 0 Å². The van der Waals surface area contributed by atoms with Crippen LogP contribution in [0.4, 0.5) is 0 Å².